The van der Waals surface area contributed by atoms with Gasteiger partial charge in [0, 0.05) is 24.8 Å². The number of nitrogens with zero attached hydrogens (tertiary/aromatic N) is 5. The predicted octanol–water partition coefficient (Wildman–Crippen LogP) is 2.31. The van der Waals surface area contributed by atoms with Gasteiger partial charge < -0.3 is 20.6 Å². The molecule has 32 heavy (non-hydrogen) atoms. The molecule has 10 heteroatoms. The molecule has 1 aromatic carbocycles. The zero-order valence-corrected chi connectivity index (χ0v) is 18.2. The van der Waals surface area contributed by atoms with Gasteiger partial charge in [-0.3, -0.25) is 9.48 Å². The number of carbonyl (C=O) groups excluding carboxylic acids is 1. The van der Waals surface area contributed by atoms with Crippen molar-refractivity contribution in [3.8, 4) is 0 Å². The first-order valence-electron chi connectivity index (χ1n) is 10.5. The van der Waals surface area contributed by atoms with Gasteiger partial charge in [-0.25, -0.2) is 9.37 Å². The van der Waals surface area contributed by atoms with Crippen molar-refractivity contribution in [1.82, 2.24) is 19.7 Å². The molecule has 9 nitrogen and oxygen atoms in total. The Morgan fingerprint density at radius 3 is 2.69 bits per heavy atom. The summed E-state index contributed by atoms with van der Waals surface area (Å²) in [6, 6.07) is 5.62. The van der Waals surface area contributed by atoms with E-state index >= 15 is 0 Å². The molecule has 0 radical (unpaired) electrons. The Kier molecular flexibility index (Phi) is 6.04. The van der Waals surface area contributed by atoms with Crippen LogP contribution in [0, 0.1) is 12.7 Å². The standard InChI is InChI=1S/C22H26FN7O2/c1-4-30-19(14(3)31)21(32)27-18-13(2)26-22(28-20(18)30)24-9-16-10-25-29(12-16)11-15-5-7-17(23)8-6-15/h5-8,10,12,14,19,31H,4,9,11H2,1-3H3,(H,27,32)(H,24,26,28)/t14?,19-/m0/s1. The van der Waals surface area contributed by atoms with E-state index < -0.39 is 12.1 Å². The number of aromatic nitrogens is 4. The average Bonchev–Trinajstić information content (AvgIpc) is 3.20. The molecular formula is C22H26FN7O2. The SMILES string of the molecule is CCN1c2nc(NCc3cnn(Cc4ccc(F)cc4)c3)nc(C)c2NC(=O)[C@@H]1C(C)O. The van der Waals surface area contributed by atoms with Gasteiger partial charge in [0.25, 0.3) is 0 Å². The van der Waals surface area contributed by atoms with Crippen LogP contribution in [-0.2, 0) is 17.9 Å². The van der Waals surface area contributed by atoms with E-state index in [2.05, 4.69) is 25.7 Å². The van der Waals surface area contributed by atoms with E-state index in [0.717, 1.165) is 11.1 Å². The second-order valence-electron chi connectivity index (χ2n) is 7.82. The number of aliphatic hydroxyl groups is 1. The van der Waals surface area contributed by atoms with E-state index in [1.807, 2.05) is 20.0 Å². The lowest BCUT2D eigenvalue weighted by molar-refractivity contribution is -0.119. The molecule has 1 aliphatic rings. The van der Waals surface area contributed by atoms with Crippen LogP contribution in [0.4, 0.5) is 21.8 Å². The lowest BCUT2D eigenvalue weighted by atomic mass is 10.1. The molecule has 2 aromatic heterocycles. The smallest absolute Gasteiger partial charge is 0.249 e. The molecule has 0 fully saturated rings. The molecule has 3 N–H and O–H groups in total. The zero-order valence-electron chi connectivity index (χ0n) is 18.2. The molecule has 0 saturated carbocycles. The van der Waals surface area contributed by atoms with Gasteiger partial charge in [-0.15, -0.1) is 0 Å². The Morgan fingerprint density at radius 1 is 1.25 bits per heavy atom. The normalized spacial score (nSPS) is 16.5. The third-order valence-corrected chi connectivity index (χ3v) is 5.39. The lowest BCUT2D eigenvalue weighted by Gasteiger charge is -2.38. The number of rotatable bonds is 7. The van der Waals surface area contributed by atoms with Crippen molar-refractivity contribution >= 4 is 23.4 Å². The summed E-state index contributed by atoms with van der Waals surface area (Å²) in [7, 11) is 0. The molecular weight excluding hydrogens is 413 g/mol. The molecule has 4 rings (SSSR count). The van der Waals surface area contributed by atoms with Crippen LogP contribution in [0.25, 0.3) is 0 Å². The fourth-order valence-corrected chi connectivity index (χ4v) is 3.83. The van der Waals surface area contributed by atoms with Crippen LogP contribution in [0.3, 0.4) is 0 Å². The molecule has 1 aliphatic heterocycles. The number of fused-ring (bicyclic) bond motifs is 1. The Labute approximate surface area is 185 Å². The minimum Gasteiger partial charge on any atom is -0.391 e. The van der Waals surface area contributed by atoms with Crippen LogP contribution in [0.1, 0.15) is 30.7 Å². The number of hydrogen-bond donors (Lipinski definition) is 3. The Balaban J connectivity index is 1.48. The summed E-state index contributed by atoms with van der Waals surface area (Å²) in [5, 5.41) is 20.5. The Morgan fingerprint density at radius 2 is 2.00 bits per heavy atom. The van der Waals surface area contributed by atoms with Gasteiger partial charge in [-0.1, -0.05) is 12.1 Å². The highest BCUT2D eigenvalue weighted by molar-refractivity contribution is 6.03. The number of halogens is 1. The second kappa shape index (κ2) is 8.91. The first-order valence-corrected chi connectivity index (χ1v) is 10.5. The first-order chi connectivity index (χ1) is 15.4. The van der Waals surface area contributed by atoms with Crippen LogP contribution in [0.15, 0.2) is 36.7 Å². The number of nitrogens with one attached hydrogen (secondary N) is 2. The maximum absolute atomic E-state index is 13.1. The van der Waals surface area contributed by atoms with E-state index in [0.29, 0.717) is 42.8 Å². The summed E-state index contributed by atoms with van der Waals surface area (Å²) in [6.07, 6.45) is 2.81. The first kappa shape index (κ1) is 21.7. The maximum Gasteiger partial charge on any atom is 0.249 e. The average molecular weight is 439 g/mol. The highest BCUT2D eigenvalue weighted by Gasteiger charge is 2.37. The molecule has 3 heterocycles. The topological polar surface area (TPSA) is 108 Å². The van der Waals surface area contributed by atoms with Crippen LogP contribution < -0.4 is 15.5 Å². The predicted molar refractivity (Wildman–Crippen MR) is 119 cm³/mol. The third-order valence-electron chi connectivity index (χ3n) is 5.39. The van der Waals surface area contributed by atoms with Crippen molar-refractivity contribution in [2.75, 3.05) is 22.1 Å². The van der Waals surface area contributed by atoms with E-state index in [1.54, 1.807) is 34.8 Å². The summed E-state index contributed by atoms with van der Waals surface area (Å²) in [5.74, 6) is 0.474. The molecule has 2 atom stereocenters. The molecule has 0 aliphatic carbocycles. The highest BCUT2D eigenvalue weighted by Crippen LogP contribution is 2.34. The van der Waals surface area contributed by atoms with Gasteiger partial charge in [0.05, 0.1) is 24.5 Å². The number of anilines is 3. The molecule has 0 saturated heterocycles. The number of aryl methyl sites for hydroxylation is 1. The monoisotopic (exact) mass is 439 g/mol. The molecule has 1 unspecified atom stereocenters. The van der Waals surface area contributed by atoms with E-state index in [1.165, 1.54) is 12.1 Å². The summed E-state index contributed by atoms with van der Waals surface area (Å²) >= 11 is 0. The number of carbonyl (C=O) groups is 1. The zero-order chi connectivity index (χ0) is 22.8. The van der Waals surface area contributed by atoms with Crippen molar-refractivity contribution in [3.63, 3.8) is 0 Å². The van der Waals surface area contributed by atoms with Crippen molar-refractivity contribution < 1.29 is 14.3 Å². The quantitative estimate of drug-likeness (QED) is 0.518. The summed E-state index contributed by atoms with van der Waals surface area (Å²) in [5.41, 5.74) is 3.09. The number of aliphatic hydroxyl groups excluding tert-OH is 1. The van der Waals surface area contributed by atoms with Gasteiger partial charge >= 0.3 is 0 Å². The van der Waals surface area contributed by atoms with Crippen molar-refractivity contribution in [2.45, 2.75) is 46.0 Å². The molecule has 1 amide bonds. The molecule has 168 valence electrons. The van der Waals surface area contributed by atoms with Gasteiger partial charge in [0.2, 0.25) is 11.9 Å². The maximum atomic E-state index is 13.1. The minimum absolute atomic E-state index is 0.264. The van der Waals surface area contributed by atoms with Gasteiger partial charge in [0.15, 0.2) is 5.82 Å². The summed E-state index contributed by atoms with van der Waals surface area (Å²) in [4.78, 5) is 23.3. The van der Waals surface area contributed by atoms with Crippen LogP contribution in [-0.4, -0.2) is 49.5 Å². The number of amides is 1. The third kappa shape index (κ3) is 4.40. The van der Waals surface area contributed by atoms with Gasteiger partial charge in [-0.05, 0) is 38.5 Å². The Hall–Kier alpha value is -3.53. The van der Waals surface area contributed by atoms with E-state index in [9.17, 15) is 14.3 Å². The minimum atomic E-state index is -0.846. The highest BCUT2D eigenvalue weighted by atomic mass is 19.1. The van der Waals surface area contributed by atoms with Crippen molar-refractivity contribution in [1.29, 1.82) is 0 Å². The van der Waals surface area contributed by atoms with Crippen LogP contribution >= 0.6 is 0 Å². The lowest BCUT2D eigenvalue weighted by Crippen LogP contribution is -2.54. The van der Waals surface area contributed by atoms with Crippen LogP contribution in [0.2, 0.25) is 0 Å². The summed E-state index contributed by atoms with van der Waals surface area (Å²) in [6.45, 7) is 6.83. The largest absolute Gasteiger partial charge is 0.391 e. The van der Waals surface area contributed by atoms with Crippen molar-refractivity contribution in [2.24, 2.45) is 0 Å². The fourth-order valence-electron chi connectivity index (χ4n) is 3.83. The van der Waals surface area contributed by atoms with E-state index in [-0.39, 0.29) is 11.7 Å². The second-order valence-corrected chi connectivity index (χ2v) is 7.82. The molecule has 3 aromatic rings. The van der Waals surface area contributed by atoms with Crippen molar-refractivity contribution in [3.05, 3.63) is 59.3 Å². The van der Waals surface area contributed by atoms with Crippen LogP contribution in [0.5, 0.6) is 0 Å². The molecule has 0 bridgehead atoms. The summed E-state index contributed by atoms with van der Waals surface area (Å²) < 4.78 is 14.9. The number of benzene rings is 1. The van der Waals surface area contributed by atoms with Gasteiger partial charge in [0.1, 0.15) is 17.5 Å². The fraction of sp³-hybridized carbons (Fsp3) is 0.364. The number of likely N-dealkylation sites (N-methyl/N-ethyl adjacent to an activating group) is 1. The molecule has 0 spiro atoms. The van der Waals surface area contributed by atoms with Gasteiger partial charge in [-0.2, -0.15) is 10.1 Å². The number of hydrogen-bond acceptors (Lipinski definition) is 7. The van der Waals surface area contributed by atoms with E-state index in [4.69, 9.17) is 0 Å². The Bertz CT molecular complexity index is 1110.